The van der Waals surface area contributed by atoms with Crippen molar-refractivity contribution >= 4 is 22.4 Å². The van der Waals surface area contributed by atoms with Crippen LogP contribution in [0.1, 0.15) is 28.3 Å². The van der Waals surface area contributed by atoms with Gasteiger partial charge in [-0.05, 0) is 12.5 Å². The molecule has 1 aromatic heterocycles. The molecule has 0 radical (unpaired) electrons. The molecule has 88 valence electrons. The van der Waals surface area contributed by atoms with E-state index in [0.29, 0.717) is 5.13 Å². The normalized spacial score (nSPS) is 12.1. The fourth-order valence-electron chi connectivity index (χ4n) is 1.41. The highest BCUT2D eigenvalue weighted by molar-refractivity contribution is 7.16. The molecule has 17 heavy (non-hydrogen) atoms. The molecule has 6 heteroatoms. The van der Waals surface area contributed by atoms with E-state index in [1.807, 2.05) is 37.3 Å². The topological polar surface area (TPSA) is 80.9 Å². The van der Waals surface area contributed by atoms with Crippen molar-refractivity contribution in [2.24, 2.45) is 0 Å². The second-order valence-corrected chi connectivity index (χ2v) is 4.56. The summed E-state index contributed by atoms with van der Waals surface area (Å²) in [6, 6.07) is 9.64. The van der Waals surface area contributed by atoms with Gasteiger partial charge in [0.15, 0.2) is 0 Å². The molecule has 0 spiro atoms. The molecule has 1 unspecified atom stereocenters. The van der Waals surface area contributed by atoms with Gasteiger partial charge >= 0.3 is 0 Å². The molecule has 0 saturated carbocycles. The number of anilines is 1. The number of nitrogen functional groups attached to an aromatic ring is 1. The lowest BCUT2D eigenvalue weighted by Crippen LogP contribution is -2.26. The van der Waals surface area contributed by atoms with Gasteiger partial charge in [0.25, 0.3) is 5.91 Å². The molecule has 0 saturated heterocycles. The van der Waals surface area contributed by atoms with Crippen LogP contribution in [0, 0.1) is 0 Å². The largest absolute Gasteiger partial charge is 0.374 e. The van der Waals surface area contributed by atoms with Gasteiger partial charge in [0, 0.05) is 0 Å². The summed E-state index contributed by atoms with van der Waals surface area (Å²) in [6.45, 7) is 1.91. The summed E-state index contributed by atoms with van der Waals surface area (Å²) in [5.41, 5.74) is 6.46. The Bertz CT molecular complexity index is 511. The summed E-state index contributed by atoms with van der Waals surface area (Å²) < 4.78 is 0. The van der Waals surface area contributed by atoms with Gasteiger partial charge in [0.2, 0.25) is 10.1 Å². The summed E-state index contributed by atoms with van der Waals surface area (Å²) in [5, 5.41) is 10.7. The number of carbonyl (C=O) groups excluding carboxylic acids is 1. The first-order valence-corrected chi connectivity index (χ1v) is 5.93. The molecule has 1 aromatic carbocycles. The van der Waals surface area contributed by atoms with E-state index in [1.165, 1.54) is 0 Å². The van der Waals surface area contributed by atoms with Gasteiger partial charge in [-0.15, -0.1) is 10.2 Å². The van der Waals surface area contributed by atoms with Gasteiger partial charge < -0.3 is 11.1 Å². The Labute approximate surface area is 103 Å². The smallest absolute Gasteiger partial charge is 0.282 e. The number of aromatic nitrogens is 2. The van der Waals surface area contributed by atoms with Crippen LogP contribution >= 0.6 is 11.3 Å². The third-order valence-corrected chi connectivity index (χ3v) is 3.03. The molecule has 0 fully saturated rings. The van der Waals surface area contributed by atoms with Crippen LogP contribution in [-0.4, -0.2) is 16.1 Å². The second kappa shape index (κ2) is 4.92. The summed E-state index contributed by atoms with van der Waals surface area (Å²) in [5.74, 6) is -0.254. The monoisotopic (exact) mass is 248 g/mol. The maximum absolute atomic E-state index is 11.8. The van der Waals surface area contributed by atoms with Crippen molar-refractivity contribution in [2.45, 2.75) is 13.0 Å². The molecule has 0 aliphatic rings. The first-order valence-electron chi connectivity index (χ1n) is 5.11. The average molecular weight is 248 g/mol. The second-order valence-electron chi connectivity index (χ2n) is 3.55. The summed E-state index contributed by atoms with van der Waals surface area (Å²) in [7, 11) is 0. The van der Waals surface area contributed by atoms with Gasteiger partial charge in [0.05, 0.1) is 6.04 Å². The average Bonchev–Trinajstić information content (AvgIpc) is 2.77. The standard InChI is InChI=1S/C11H12N4OS/c1-7(8-5-3-2-4-6-8)13-9(16)10-14-15-11(12)17-10/h2-7H,1H3,(H2,12,15)(H,13,16). The Kier molecular flexibility index (Phi) is 3.34. The zero-order valence-electron chi connectivity index (χ0n) is 9.25. The third-order valence-electron chi connectivity index (χ3n) is 2.28. The van der Waals surface area contributed by atoms with Crippen molar-refractivity contribution < 1.29 is 4.79 Å². The van der Waals surface area contributed by atoms with Gasteiger partial charge in [-0.25, -0.2) is 0 Å². The lowest BCUT2D eigenvalue weighted by molar-refractivity contribution is 0.0939. The Morgan fingerprint density at radius 3 is 2.65 bits per heavy atom. The van der Waals surface area contributed by atoms with Crippen molar-refractivity contribution in [3.63, 3.8) is 0 Å². The molecular formula is C11H12N4OS. The number of nitrogens with one attached hydrogen (secondary N) is 1. The number of rotatable bonds is 3. The molecule has 0 aliphatic carbocycles. The van der Waals surface area contributed by atoms with Crippen LogP contribution in [0.5, 0.6) is 0 Å². The highest BCUT2D eigenvalue weighted by Crippen LogP contribution is 2.15. The van der Waals surface area contributed by atoms with Crippen LogP contribution < -0.4 is 11.1 Å². The van der Waals surface area contributed by atoms with Crippen LogP contribution in [0.2, 0.25) is 0 Å². The molecular weight excluding hydrogens is 236 g/mol. The number of nitrogens with zero attached hydrogens (tertiary/aromatic N) is 2. The SMILES string of the molecule is CC(NC(=O)c1nnc(N)s1)c1ccccc1. The van der Waals surface area contributed by atoms with Crippen LogP contribution in [0.4, 0.5) is 5.13 Å². The van der Waals surface area contributed by atoms with E-state index in [1.54, 1.807) is 0 Å². The summed E-state index contributed by atoms with van der Waals surface area (Å²) in [4.78, 5) is 11.8. The molecule has 5 nitrogen and oxygen atoms in total. The number of nitrogens with two attached hydrogens (primary N) is 1. The summed E-state index contributed by atoms with van der Waals surface area (Å²) in [6.07, 6.45) is 0. The highest BCUT2D eigenvalue weighted by atomic mass is 32.1. The van der Waals surface area contributed by atoms with Crippen LogP contribution in [-0.2, 0) is 0 Å². The van der Waals surface area contributed by atoms with Gasteiger partial charge in [-0.1, -0.05) is 41.7 Å². The van der Waals surface area contributed by atoms with Crippen molar-refractivity contribution in [2.75, 3.05) is 5.73 Å². The van der Waals surface area contributed by atoms with E-state index in [0.717, 1.165) is 16.9 Å². The minimum Gasteiger partial charge on any atom is -0.374 e. The van der Waals surface area contributed by atoms with Crippen molar-refractivity contribution in [3.05, 3.63) is 40.9 Å². The zero-order valence-corrected chi connectivity index (χ0v) is 10.1. The Hall–Kier alpha value is -1.95. The molecule has 0 bridgehead atoms. The Morgan fingerprint density at radius 1 is 1.35 bits per heavy atom. The zero-order chi connectivity index (χ0) is 12.3. The number of amides is 1. The lowest BCUT2D eigenvalue weighted by atomic mass is 10.1. The van der Waals surface area contributed by atoms with E-state index in [9.17, 15) is 4.79 Å². The van der Waals surface area contributed by atoms with E-state index in [4.69, 9.17) is 5.73 Å². The number of benzene rings is 1. The fourth-order valence-corrected chi connectivity index (χ4v) is 1.92. The maximum Gasteiger partial charge on any atom is 0.282 e. The molecule has 1 heterocycles. The molecule has 2 aromatic rings. The van der Waals surface area contributed by atoms with Gasteiger partial charge in [-0.3, -0.25) is 4.79 Å². The van der Waals surface area contributed by atoms with Crippen molar-refractivity contribution in [3.8, 4) is 0 Å². The Morgan fingerprint density at radius 2 is 2.06 bits per heavy atom. The van der Waals surface area contributed by atoms with Gasteiger partial charge in [-0.2, -0.15) is 0 Å². The first kappa shape index (κ1) is 11.5. The minimum atomic E-state index is -0.254. The van der Waals surface area contributed by atoms with Crippen LogP contribution in [0.3, 0.4) is 0 Å². The number of hydrogen-bond donors (Lipinski definition) is 2. The molecule has 3 N–H and O–H groups in total. The third kappa shape index (κ3) is 2.79. The quantitative estimate of drug-likeness (QED) is 0.864. The van der Waals surface area contributed by atoms with E-state index >= 15 is 0 Å². The lowest BCUT2D eigenvalue weighted by Gasteiger charge is -2.12. The van der Waals surface area contributed by atoms with Crippen LogP contribution in [0.15, 0.2) is 30.3 Å². The minimum absolute atomic E-state index is 0.0752. The van der Waals surface area contributed by atoms with Gasteiger partial charge in [0.1, 0.15) is 0 Å². The maximum atomic E-state index is 11.8. The predicted molar refractivity (Wildman–Crippen MR) is 66.6 cm³/mol. The molecule has 1 amide bonds. The van der Waals surface area contributed by atoms with Crippen molar-refractivity contribution in [1.29, 1.82) is 0 Å². The first-order chi connectivity index (χ1) is 8.16. The fraction of sp³-hybridized carbons (Fsp3) is 0.182. The van der Waals surface area contributed by atoms with Crippen LogP contribution in [0.25, 0.3) is 0 Å². The summed E-state index contributed by atoms with van der Waals surface area (Å²) >= 11 is 1.08. The highest BCUT2D eigenvalue weighted by Gasteiger charge is 2.14. The van der Waals surface area contributed by atoms with E-state index in [2.05, 4.69) is 15.5 Å². The molecule has 0 aliphatic heterocycles. The molecule has 2 rings (SSSR count). The number of hydrogen-bond acceptors (Lipinski definition) is 5. The van der Waals surface area contributed by atoms with E-state index in [-0.39, 0.29) is 17.0 Å². The van der Waals surface area contributed by atoms with E-state index < -0.39 is 0 Å². The molecule has 1 atom stereocenters. The number of carbonyl (C=O) groups is 1. The predicted octanol–water partition coefficient (Wildman–Crippen LogP) is 1.61. The van der Waals surface area contributed by atoms with Crippen molar-refractivity contribution in [1.82, 2.24) is 15.5 Å². The Balaban J connectivity index is 2.04.